The lowest BCUT2D eigenvalue weighted by Crippen LogP contribution is -1.92. The average Bonchev–Trinajstić information content (AvgIpc) is 2.45. The molecule has 0 spiro atoms. The molecule has 0 bridgehead atoms. The molecule has 0 radical (unpaired) electrons. The zero-order chi connectivity index (χ0) is 7.84. The first-order chi connectivity index (χ1) is 5.29. The number of hydrogen-bond acceptors (Lipinski definition) is 1. The maximum absolute atomic E-state index is 6.00. The fourth-order valence-corrected chi connectivity index (χ4v) is 1.79. The molecule has 0 saturated carbocycles. The average molecular weight is 168 g/mol. The van der Waals surface area contributed by atoms with Gasteiger partial charge in [-0.1, -0.05) is 17.7 Å². The summed E-state index contributed by atoms with van der Waals surface area (Å²) in [5.41, 5.74) is 3.83. The normalized spacial score (nSPS) is 14.4. The Morgan fingerprint density at radius 1 is 1.45 bits per heavy atom. The molecule has 0 aromatic heterocycles. The Morgan fingerprint density at radius 2 is 2.27 bits per heavy atom. The van der Waals surface area contributed by atoms with Crippen molar-refractivity contribution in [1.29, 1.82) is 0 Å². The molecule has 2 heteroatoms. The highest BCUT2D eigenvalue weighted by Gasteiger charge is 2.14. The van der Waals surface area contributed by atoms with Crippen molar-refractivity contribution in [2.24, 2.45) is 0 Å². The van der Waals surface area contributed by atoms with E-state index in [9.17, 15) is 0 Å². The number of fused-ring (bicyclic) bond motifs is 1. The monoisotopic (exact) mass is 167 g/mol. The van der Waals surface area contributed by atoms with Crippen molar-refractivity contribution in [3.63, 3.8) is 0 Å². The number of halogens is 1. The van der Waals surface area contributed by atoms with Crippen LogP contribution in [0, 0.1) is 6.92 Å². The highest BCUT2D eigenvalue weighted by atomic mass is 35.5. The first-order valence-corrected chi connectivity index (χ1v) is 4.18. The summed E-state index contributed by atoms with van der Waals surface area (Å²) in [5.74, 6) is 0. The first kappa shape index (κ1) is 6.99. The van der Waals surface area contributed by atoms with Gasteiger partial charge in [-0.05, 0) is 30.5 Å². The molecule has 0 amide bonds. The van der Waals surface area contributed by atoms with Gasteiger partial charge in [0.2, 0.25) is 0 Å². The molecule has 0 atom stereocenters. The summed E-state index contributed by atoms with van der Waals surface area (Å²) >= 11 is 6.00. The summed E-state index contributed by atoms with van der Waals surface area (Å²) in [4.78, 5) is 0. The second-order valence-corrected chi connectivity index (χ2v) is 3.30. The molecule has 1 heterocycles. The van der Waals surface area contributed by atoms with E-state index < -0.39 is 0 Å². The minimum Gasteiger partial charge on any atom is -0.384 e. The standard InChI is InChI=1S/C9H10ClN/c1-6-2-3-8(10)7-4-5-11-9(6)7/h2-3,11H,4-5H2,1H3. The largest absolute Gasteiger partial charge is 0.384 e. The summed E-state index contributed by atoms with van der Waals surface area (Å²) in [6.45, 7) is 3.13. The molecule has 1 aromatic rings. The van der Waals surface area contributed by atoms with Gasteiger partial charge in [0.15, 0.2) is 0 Å². The molecule has 1 aliphatic rings. The lowest BCUT2D eigenvalue weighted by molar-refractivity contribution is 1.11. The molecule has 1 aliphatic heterocycles. The van der Waals surface area contributed by atoms with Gasteiger partial charge in [0.25, 0.3) is 0 Å². The second-order valence-electron chi connectivity index (χ2n) is 2.89. The predicted molar refractivity (Wildman–Crippen MR) is 48.4 cm³/mol. The summed E-state index contributed by atoms with van der Waals surface area (Å²) in [6.07, 6.45) is 1.07. The molecule has 1 N–H and O–H groups in total. The summed E-state index contributed by atoms with van der Waals surface area (Å²) in [7, 11) is 0. The third-order valence-corrected chi connectivity index (χ3v) is 2.49. The molecular weight excluding hydrogens is 158 g/mol. The van der Waals surface area contributed by atoms with Crippen LogP contribution in [0.4, 0.5) is 5.69 Å². The van der Waals surface area contributed by atoms with Crippen LogP contribution in [-0.2, 0) is 6.42 Å². The SMILES string of the molecule is Cc1ccc(Cl)c2c1NCC2. The second kappa shape index (κ2) is 2.42. The van der Waals surface area contributed by atoms with Crippen molar-refractivity contribution in [1.82, 2.24) is 0 Å². The fraction of sp³-hybridized carbons (Fsp3) is 0.333. The Morgan fingerprint density at radius 3 is 3.00 bits per heavy atom. The van der Waals surface area contributed by atoms with Gasteiger partial charge in [0.1, 0.15) is 0 Å². The highest BCUT2D eigenvalue weighted by molar-refractivity contribution is 6.31. The third-order valence-electron chi connectivity index (χ3n) is 2.14. The Kier molecular flexibility index (Phi) is 1.53. The van der Waals surface area contributed by atoms with E-state index in [0.29, 0.717) is 0 Å². The van der Waals surface area contributed by atoms with Crippen LogP contribution >= 0.6 is 11.6 Å². The Balaban J connectivity index is 2.64. The lowest BCUT2D eigenvalue weighted by atomic mass is 10.1. The maximum Gasteiger partial charge on any atom is 0.0459 e. The maximum atomic E-state index is 6.00. The summed E-state index contributed by atoms with van der Waals surface area (Å²) < 4.78 is 0. The zero-order valence-corrected chi connectivity index (χ0v) is 7.20. The fourth-order valence-electron chi connectivity index (χ4n) is 1.54. The van der Waals surface area contributed by atoms with Gasteiger partial charge in [-0.3, -0.25) is 0 Å². The molecular formula is C9H10ClN. The Labute approximate surface area is 71.4 Å². The van der Waals surface area contributed by atoms with Crippen LogP contribution in [0.5, 0.6) is 0 Å². The molecule has 1 aromatic carbocycles. The Bertz CT molecular complexity index is 265. The van der Waals surface area contributed by atoms with E-state index in [-0.39, 0.29) is 0 Å². The van der Waals surface area contributed by atoms with Gasteiger partial charge < -0.3 is 5.32 Å². The molecule has 0 aliphatic carbocycles. The third kappa shape index (κ3) is 1.000. The predicted octanol–water partition coefficient (Wildman–Crippen LogP) is 2.62. The smallest absolute Gasteiger partial charge is 0.0459 e. The molecule has 1 nitrogen and oxygen atoms in total. The number of benzene rings is 1. The van der Waals surface area contributed by atoms with Crippen molar-refractivity contribution in [2.75, 3.05) is 11.9 Å². The number of aryl methyl sites for hydroxylation is 1. The number of hydrogen-bond donors (Lipinski definition) is 1. The van der Waals surface area contributed by atoms with E-state index in [1.54, 1.807) is 0 Å². The van der Waals surface area contributed by atoms with Gasteiger partial charge >= 0.3 is 0 Å². The lowest BCUT2D eigenvalue weighted by Gasteiger charge is -2.04. The van der Waals surface area contributed by atoms with Gasteiger partial charge in [-0.25, -0.2) is 0 Å². The molecule has 11 heavy (non-hydrogen) atoms. The minimum atomic E-state index is 0.899. The molecule has 0 fully saturated rings. The number of nitrogens with one attached hydrogen (secondary N) is 1. The molecule has 2 rings (SSSR count). The van der Waals surface area contributed by atoms with E-state index in [0.717, 1.165) is 18.0 Å². The van der Waals surface area contributed by atoms with Crippen molar-refractivity contribution in [3.05, 3.63) is 28.3 Å². The van der Waals surface area contributed by atoms with Crippen molar-refractivity contribution < 1.29 is 0 Å². The van der Waals surface area contributed by atoms with E-state index >= 15 is 0 Å². The number of rotatable bonds is 0. The molecule has 58 valence electrons. The molecule has 0 unspecified atom stereocenters. The van der Waals surface area contributed by atoms with Crippen LogP contribution in [-0.4, -0.2) is 6.54 Å². The van der Waals surface area contributed by atoms with E-state index in [4.69, 9.17) is 11.6 Å². The highest BCUT2D eigenvalue weighted by Crippen LogP contribution is 2.31. The van der Waals surface area contributed by atoms with Crippen LogP contribution in [0.2, 0.25) is 5.02 Å². The van der Waals surface area contributed by atoms with Crippen molar-refractivity contribution in [3.8, 4) is 0 Å². The van der Waals surface area contributed by atoms with E-state index in [1.807, 2.05) is 6.07 Å². The van der Waals surface area contributed by atoms with Gasteiger partial charge in [0.05, 0.1) is 0 Å². The van der Waals surface area contributed by atoms with Crippen LogP contribution in [0.3, 0.4) is 0 Å². The topological polar surface area (TPSA) is 12.0 Å². The van der Waals surface area contributed by atoms with E-state index in [2.05, 4.69) is 18.3 Å². The summed E-state index contributed by atoms with van der Waals surface area (Å²) in [5, 5.41) is 4.22. The van der Waals surface area contributed by atoms with Crippen molar-refractivity contribution in [2.45, 2.75) is 13.3 Å². The quantitative estimate of drug-likeness (QED) is 0.627. The minimum absolute atomic E-state index is 0.899. The van der Waals surface area contributed by atoms with Crippen LogP contribution in [0.25, 0.3) is 0 Å². The van der Waals surface area contributed by atoms with Crippen LogP contribution < -0.4 is 5.32 Å². The van der Waals surface area contributed by atoms with Crippen LogP contribution in [0.15, 0.2) is 12.1 Å². The summed E-state index contributed by atoms with van der Waals surface area (Å²) in [6, 6.07) is 4.03. The Hall–Kier alpha value is -0.690. The van der Waals surface area contributed by atoms with Crippen molar-refractivity contribution >= 4 is 17.3 Å². The number of anilines is 1. The zero-order valence-electron chi connectivity index (χ0n) is 6.45. The van der Waals surface area contributed by atoms with E-state index in [1.165, 1.54) is 16.8 Å². The van der Waals surface area contributed by atoms with Gasteiger partial charge in [0, 0.05) is 17.3 Å². The van der Waals surface area contributed by atoms with Gasteiger partial charge in [-0.15, -0.1) is 0 Å². The van der Waals surface area contributed by atoms with Gasteiger partial charge in [-0.2, -0.15) is 0 Å². The first-order valence-electron chi connectivity index (χ1n) is 3.81. The molecule has 0 saturated heterocycles. The van der Waals surface area contributed by atoms with Crippen LogP contribution in [0.1, 0.15) is 11.1 Å².